The highest BCUT2D eigenvalue weighted by Crippen LogP contribution is 2.40. The highest BCUT2D eigenvalue weighted by atomic mass is 16.4. The maximum absolute atomic E-state index is 11.0. The van der Waals surface area contributed by atoms with Crippen molar-refractivity contribution in [3.05, 3.63) is 29.3 Å². The predicted molar refractivity (Wildman–Crippen MR) is 127 cm³/mol. The van der Waals surface area contributed by atoms with Gasteiger partial charge in [-0.1, -0.05) is 33.8 Å². The average molecular weight is 468 g/mol. The maximum atomic E-state index is 11.0. The van der Waals surface area contributed by atoms with Crippen molar-refractivity contribution >= 4 is 29.3 Å². The Labute approximate surface area is 196 Å². The molecular weight excluding hydrogens is 428 g/mol. The summed E-state index contributed by atoms with van der Waals surface area (Å²) in [7, 11) is 0. The van der Waals surface area contributed by atoms with Gasteiger partial charge in [-0.2, -0.15) is 4.58 Å². The van der Waals surface area contributed by atoms with E-state index in [0.29, 0.717) is 25.1 Å². The van der Waals surface area contributed by atoms with Crippen LogP contribution >= 0.6 is 0 Å². The lowest BCUT2D eigenvalue weighted by Gasteiger charge is -2.19. The highest BCUT2D eigenvalue weighted by molar-refractivity contribution is 5.94. The molecule has 0 saturated heterocycles. The Morgan fingerprint density at radius 2 is 1.52 bits per heavy atom. The van der Waals surface area contributed by atoms with E-state index in [1.807, 2.05) is 58.3 Å². The molecule has 0 radical (unpaired) electrons. The van der Waals surface area contributed by atoms with E-state index in [-0.39, 0.29) is 26.1 Å². The lowest BCUT2D eigenvalue weighted by Crippen LogP contribution is -2.36. The summed E-state index contributed by atoms with van der Waals surface area (Å²) in [6, 6.07) is 5.39. The van der Waals surface area contributed by atoms with Crippen LogP contribution in [0.15, 0.2) is 18.2 Å². The summed E-state index contributed by atoms with van der Waals surface area (Å²) >= 11 is 0. The SMILES string of the molecule is CC.CC.CC1=[N+](CCCN(CC(=O)O)CC(=O)O)c2ccc(CC(=O)O)cc2C1(C)CO. The van der Waals surface area contributed by atoms with Gasteiger partial charge in [-0.3, -0.25) is 19.3 Å². The molecule has 1 aliphatic heterocycles. The van der Waals surface area contributed by atoms with E-state index in [1.54, 1.807) is 6.07 Å². The minimum Gasteiger partial charge on any atom is -0.481 e. The number of carboxylic acid groups (broad SMARTS) is 3. The molecule has 0 aromatic heterocycles. The summed E-state index contributed by atoms with van der Waals surface area (Å²) in [5.74, 6) is -3.10. The van der Waals surface area contributed by atoms with Crippen molar-refractivity contribution < 1.29 is 39.4 Å². The van der Waals surface area contributed by atoms with E-state index >= 15 is 0 Å². The molecule has 1 unspecified atom stereocenters. The van der Waals surface area contributed by atoms with Gasteiger partial charge in [0, 0.05) is 31.5 Å². The lowest BCUT2D eigenvalue weighted by atomic mass is 9.80. The summed E-state index contributed by atoms with van der Waals surface area (Å²) < 4.78 is 2.02. The van der Waals surface area contributed by atoms with Crippen molar-refractivity contribution in [3.63, 3.8) is 0 Å². The number of nitrogens with zero attached hydrogens (tertiary/aromatic N) is 2. The van der Waals surface area contributed by atoms with Crippen molar-refractivity contribution in [1.82, 2.24) is 4.90 Å². The topological polar surface area (TPSA) is 138 Å². The van der Waals surface area contributed by atoms with Crippen molar-refractivity contribution in [1.29, 1.82) is 0 Å². The summed E-state index contributed by atoms with van der Waals surface area (Å²) in [5, 5.41) is 37.0. The minimum absolute atomic E-state index is 0.104. The normalized spacial score (nSPS) is 16.4. The number of hydrogen-bond acceptors (Lipinski definition) is 5. The molecule has 33 heavy (non-hydrogen) atoms. The second-order valence-electron chi connectivity index (χ2n) is 7.50. The summed E-state index contributed by atoms with van der Waals surface area (Å²) in [6.07, 6.45) is 0.420. The van der Waals surface area contributed by atoms with Crippen LogP contribution in [-0.4, -0.2) is 86.3 Å². The van der Waals surface area contributed by atoms with Crippen LogP contribution in [0.4, 0.5) is 5.69 Å². The van der Waals surface area contributed by atoms with Gasteiger partial charge < -0.3 is 20.4 Å². The fourth-order valence-corrected chi connectivity index (χ4v) is 3.76. The van der Waals surface area contributed by atoms with Gasteiger partial charge in [-0.15, -0.1) is 0 Å². The van der Waals surface area contributed by atoms with Crippen LogP contribution in [-0.2, 0) is 26.2 Å². The van der Waals surface area contributed by atoms with Crippen LogP contribution in [0.25, 0.3) is 0 Å². The molecule has 0 aliphatic carbocycles. The first-order chi connectivity index (χ1) is 15.6. The van der Waals surface area contributed by atoms with Gasteiger partial charge in [-0.05, 0) is 18.6 Å². The molecule has 1 heterocycles. The number of aliphatic carboxylic acids is 3. The Morgan fingerprint density at radius 1 is 0.970 bits per heavy atom. The Bertz CT molecular complexity index is 835. The van der Waals surface area contributed by atoms with Gasteiger partial charge in [0.05, 0.1) is 26.1 Å². The van der Waals surface area contributed by atoms with E-state index in [0.717, 1.165) is 17.0 Å². The van der Waals surface area contributed by atoms with Crippen molar-refractivity contribution in [2.45, 2.75) is 59.8 Å². The summed E-state index contributed by atoms with van der Waals surface area (Å²) in [6.45, 7) is 11.8. The van der Waals surface area contributed by atoms with Gasteiger partial charge in [0.2, 0.25) is 5.69 Å². The Hall–Kier alpha value is -2.78. The molecule has 0 amide bonds. The summed E-state index contributed by atoms with van der Waals surface area (Å²) in [5.41, 5.74) is 2.64. The highest BCUT2D eigenvalue weighted by Gasteiger charge is 2.46. The van der Waals surface area contributed by atoms with E-state index in [9.17, 15) is 19.5 Å². The Balaban J connectivity index is 0.00000242. The molecule has 9 heteroatoms. The smallest absolute Gasteiger partial charge is 0.317 e. The second-order valence-corrected chi connectivity index (χ2v) is 7.50. The molecule has 1 aromatic rings. The molecule has 4 N–H and O–H groups in total. The van der Waals surface area contributed by atoms with Gasteiger partial charge in [0.1, 0.15) is 12.0 Å². The third-order valence-electron chi connectivity index (χ3n) is 5.40. The van der Waals surface area contributed by atoms with Gasteiger partial charge in [0.25, 0.3) is 0 Å². The van der Waals surface area contributed by atoms with Crippen LogP contribution in [0.5, 0.6) is 0 Å². The molecule has 0 fully saturated rings. The third-order valence-corrected chi connectivity index (χ3v) is 5.40. The number of fused-ring (bicyclic) bond motifs is 1. The van der Waals surface area contributed by atoms with Crippen LogP contribution in [0.2, 0.25) is 0 Å². The largest absolute Gasteiger partial charge is 0.481 e. The third kappa shape index (κ3) is 8.25. The van der Waals surface area contributed by atoms with Crippen molar-refractivity contribution in [2.24, 2.45) is 0 Å². The van der Waals surface area contributed by atoms with Crippen LogP contribution < -0.4 is 0 Å². The van der Waals surface area contributed by atoms with Gasteiger partial charge in [0.15, 0.2) is 5.71 Å². The predicted octanol–water partition coefficient (Wildman–Crippen LogP) is 2.60. The zero-order valence-electron chi connectivity index (χ0n) is 20.6. The molecule has 9 nitrogen and oxygen atoms in total. The van der Waals surface area contributed by atoms with Crippen molar-refractivity contribution in [2.75, 3.05) is 32.8 Å². The molecule has 2 rings (SSSR count). The van der Waals surface area contributed by atoms with Gasteiger partial charge in [-0.25, -0.2) is 0 Å². The zero-order valence-corrected chi connectivity index (χ0v) is 20.6. The lowest BCUT2D eigenvalue weighted by molar-refractivity contribution is -0.439. The van der Waals surface area contributed by atoms with Crippen LogP contribution in [0.3, 0.4) is 0 Å². The first kappa shape index (κ1) is 30.2. The van der Waals surface area contributed by atoms with Crippen LogP contribution in [0, 0.1) is 0 Å². The van der Waals surface area contributed by atoms with E-state index in [2.05, 4.69) is 0 Å². The fraction of sp³-hybridized carbons (Fsp3) is 0.583. The van der Waals surface area contributed by atoms with Crippen molar-refractivity contribution in [3.8, 4) is 0 Å². The number of aliphatic hydroxyl groups excluding tert-OH is 1. The molecule has 1 atom stereocenters. The standard InChI is InChI=1S/C20H26N2O7.2C2H6/c1-13-20(2,12-23)15-8-14(9-17(24)25)4-5-16(15)22(13)7-3-6-21(10-18(26)27)11-19(28)29;2*1-2/h4-5,8,23H,3,6-7,9-12H2,1-2H3,(H2-,24,25,26,27,28,29);2*1-2H3/p+1. The average Bonchev–Trinajstić information content (AvgIpc) is 2.97. The molecule has 186 valence electrons. The first-order valence-electron chi connectivity index (χ1n) is 11.3. The quantitative estimate of drug-likeness (QED) is 0.364. The zero-order chi connectivity index (χ0) is 25.8. The number of benzene rings is 1. The number of aliphatic hydroxyl groups is 1. The minimum atomic E-state index is -1.08. The molecule has 0 saturated carbocycles. The number of hydrogen-bond donors (Lipinski definition) is 4. The Morgan fingerprint density at radius 3 is 1.97 bits per heavy atom. The number of carboxylic acids is 3. The van der Waals surface area contributed by atoms with Crippen LogP contribution in [0.1, 0.15) is 59.1 Å². The fourth-order valence-electron chi connectivity index (χ4n) is 3.76. The molecule has 0 bridgehead atoms. The molecular formula is C24H39N2O7+. The Kier molecular flexibility index (Phi) is 13.2. The maximum Gasteiger partial charge on any atom is 0.317 e. The van der Waals surface area contributed by atoms with E-state index in [1.165, 1.54) is 4.90 Å². The summed E-state index contributed by atoms with van der Waals surface area (Å²) in [4.78, 5) is 34.3. The second kappa shape index (κ2) is 14.4. The molecule has 1 aliphatic rings. The number of rotatable bonds is 11. The van der Waals surface area contributed by atoms with E-state index in [4.69, 9.17) is 15.3 Å². The first-order valence-corrected chi connectivity index (χ1v) is 11.3. The van der Waals surface area contributed by atoms with E-state index < -0.39 is 23.3 Å². The van der Waals surface area contributed by atoms with Gasteiger partial charge >= 0.3 is 17.9 Å². The molecule has 0 spiro atoms. The monoisotopic (exact) mass is 467 g/mol. The number of carbonyl (C=O) groups is 3. The molecule has 1 aromatic carbocycles.